The molecule has 4 aliphatic heterocycles. The van der Waals surface area contributed by atoms with Crippen molar-refractivity contribution in [1.82, 2.24) is 0 Å². The minimum Gasteiger partial charge on any atom is -0.382 e. The largest absolute Gasteiger partial charge is 0.382 e. The van der Waals surface area contributed by atoms with Crippen molar-refractivity contribution in [1.29, 1.82) is 0 Å². The van der Waals surface area contributed by atoms with Gasteiger partial charge < -0.3 is 37.9 Å². The van der Waals surface area contributed by atoms with Crippen molar-refractivity contribution in [2.24, 2.45) is 0 Å². The second-order valence-electron chi connectivity index (χ2n) is 14.8. The van der Waals surface area contributed by atoms with E-state index in [4.69, 9.17) is 37.9 Å². The number of methoxy groups -OCH3 is 4. The van der Waals surface area contributed by atoms with E-state index in [-0.39, 0.29) is 0 Å². The molecule has 0 saturated carbocycles. The van der Waals surface area contributed by atoms with E-state index < -0.39 is 0 Å². The summed E-state index contributed by atoms with van der Waals surface area (Å²) < 4.78 is 38.3. The molecule has 6 aromatic carbocycles. The van der Waals surface area contributed by atoms with E-state index in [0.29, 0.717) is 24.4 Å². The van der Waals surface area contributed by atoms with E-state index in [9.17, 15) is 0 Å². The molecule has 8 heteroatoms. The Hall–Kier alpha value is -4.48. The second-order valence-corrected chi connectivity index (χ2v) is 14.8. The lowest BCUT2D eigenvalue weighted by molar-refractivity contribution is 0.171. The number of hydrogen-bond donors (Lipinski definition) is 0. The van der Waals surface area contributed by atoms with E-state index in [2.05, 4.69) is 139 Å². The minimum atomic E-state index is 0.426. The molecule has 0 aromatic heterocycles. The summed E-state index contributed by atoms with van der Waals surface area (Å²) in [5.41, 5.74) is 0. The van der Waals surface area contributed by atoms with Gasteiger partial charge in [-0.15, -0.1) is 0 Å². The zero-order valence-electron chi connectivity index (χ0n) is 53.5. The van der Waals surface area contributed by atoms with Crippen molar-refractivity contribution in [2.45, 2.75) is 168 Å². The van der Waals surface area contributed by atoms with E-state index in [1.165, 1.54) is 40.8 Å². The van der Waals surface area contributed by atoms with Gasteiger partial charge in [-0.25, -0.2) is 0 Å². The van der Waals surface area contributed by atoms with Gasteiger partial charge in [0.15, 0.2) is 0 Å². The number of fused-ring (bicyclic) bond motifs is 2. The highest BCUT2D eigenvalue weighted by Crippen LogP contribution is 2.13. The lowest BCUT2D eigenvalue weighted by atomic mass is 10.1. The molecule has 444 valence electrons. The summed E-state index contributed by atoms with van der Waals surface area (Å²) >= 11 is 0. The molecule has 4 aliphatic rings. The number of epoxide rings is 4. The number of ether oxygens (including phenoxy) is 8. The minimum absolute atomic E-state index is 0.426. The van der Waals surface area contributed by atoms with Crippen LogP contribution in [0.4, 0.5) is 0 Å². The summed E-state index contributed by atoms with van der Waals surface area (Å²) in [5.74, 6) is 0. The van der Waals surface area contributed by atoms with Crippen LogP contribution in [-0.4, -0.2) is 106 Å². The van der Waals surface area contributed by atoms with Crippen LogP contribution >= 0.6 is 0 Å². The highest BCUT2D eigenvalue weighted by atomic mass is 16.6. The van der Waals surface area contributed by atoms with Crippen molar-refractivity contribution in [3.63, 3.8) is 0 Å². The summed E-state index contributed by atoms with van der Waals surface area (Å²) in [6, 6.07) is 57.4. The van der Waals surface area contributed by atoms with Gasteiger partial charge in [0.1, 0.15) is 24.4 Å². The van der Waals surface area contributed by atoms with Crippen LogP contribution in [0.25, 0.3) is 21.5 Å². The number of benzene rings is 6. The fraction of sp³-hybridized carbons (Fsp3) is 0.536. The fourth-order valence-corrected chi connectivity index (χ4v) is 4.44. The summed E-state index contributed by atoms with van der Waals surface area (Å²) in [6.45, 7) is 43.4. The molecule has 6 aromatic rings. The first kappa shape index (κ1) is 86.4. The van der Waals surface area contributed by atoms with Crippen LogP contribution < -0.4 is 0 Å². The second kappa shape index (κ2) is 80.4. The molecule has 77 heavy (non-hydrogen) atoms. The smallest absolute Gasteiger partial charge is 0.104 e. The molecule has 10 rings (SSSR count). The first-order valence-corrected chi connectivity index (χ1v) is 29.2. The highest BCUT2D eigenvalue weighted by molar-refractivity contribution is 5.82. The van der Waals surface area contributed by atoms with Gasteiger partial charge in [0.05, 0.1) is 52.9 Å². The molecule has 4 heterocycles. The maximum atomic E-state index is 4.82. The Balaban J connectivity index is -0.000000140. The number of hydrogen-bond acceptors (Lipinski definition) is 8. The third kappa shape index (κ3) is 75.8. The normalized spacial score (nSPS) is 14.5. The van der Waals surface area contributed by atoms with Crippen molar-refractivity contribution < 1.29 is 37.9 Å². The van der Waals surface area contributed by atoms with Gasteiger partial charge in [-0.3, -0.25) is 0 Å². The van der Waals surface area contributed by atoms with Crippen LogP contribution in [0.1, 0.15) is 144 Å². The SMILES string of the molecule is CC.CC.CC.CC.CC.CC.CCC.CCC.CCC.COCC1CO1.COCC1CO1.COCC1CO1.COCC1CO1.c1ccc2ccccc2c1.c1ccc2ccccc2c1.c1ccccc1.c1ccccc1. The maximum Gasteiger partial charge on any atom is 0.104 e. The molecule has 0 amide bonds. The lowest BCUT2D eigenvalue weighted by Crippen LogP contribution is -1.94. The Bertz CT molecular complexity index is 1450. The Morgan fingerprint density at radius 3 is 0.429 bits per heavy atom. The first-order chi connectivity index (χ1) is 37.9. The van der Waals surface area contributed by atoms with E-state index in [0.717, 1.165) is 52.9 Å². The molecule has 4 saturated heterocycles. The molecular weight excluding hydrogens is 957 g/mol. The fourth-order valence-electron chi connectivity index (χ4n) is 4.44. The lowest BCUT2D eigenvalue weighted by Gasteiger charge is -1.92. The quantitative estimate of drug-likeness (QED) is 0.139. The zero-order chi connectivity index (χ0) is 59.9. The Labute approximate surface area is 476 Å². The predicted molar refractivity (Wildman–Crippen MR) is 343 cm³/mol. The first-order valence-electron chi connectivity index (χ1n) is 29.2. The maximum absolute atomic E-state index is 4.82. The Kier molecular flexibility index (Phi) is 90.2. The van der Waals surface area contributed by atoms with Crippen molar-refractivity contribution in [2.75, 3.05) is 81.3 Å². The zero-order valence-corrected chi connectivity index (χ0v) is 53.5. The van der Waals surface area contributed by atoms with Crippen LogP contribution in [0.15, 0.2) is 170 Å². The topological polar surface area (TPSA) is 87.0 Å². The van der Waals surface area contributed by atoms with Crippen LogP contribution in [-0.2, 0) is 37.9 Å². The Morgan fingerprint density at radius 2 is 0.364 bits per heavy atom. The van der Waals surface area contributed by atoms with E-state index in [1.54, 1.807) is 28.4 Å². The van der Waals surface area contributed by atoms with Gasteiger partial charge in [0.2, 0.25) is 0 Å². The molecule has 0 N–H and O–H groups in total. The third-order valence-electron chi connectivity index (χ3n) is 7.67. The molecule has 0 radical (unpaired) electrons. The van der Waals surface area contributed by atoms with Crippen LogP contribution in [0, 0.1) is 0 Å². The summed E-state index contributed by atoms with van der Waals surface area (Å²) in [6.07, 6.45) is 5.45. The average molecular weight is 1080 g/mol. The van der Waals surface area contributed by atoms with Gasteiger partial charge in [-0.05, 0) is 21.5 Å². The van der Waals surface area contributed by atoms with Crippen LogP contribution in [0.2, 0.25) is 0 Å². The molecule has 4 atom stereocenters. The van der Waals surface area contributed by atoms with Gasteiger partial charge in [0.25, 0.3) is 0 Å². The van der Waals surface area contributed by atoms with Gasteiger partial charge in [-0.2, -0.15) is 0 Å². The molecule has 4 fully saturated rings. The summed E-state index contributed by atoms with van der Waals surface area (Å²) in [7, 11) is 6.73. The summed E-state index contributed by atoms with van der Waals surface area (Å²) in [4.78, 5) is 0. The number of rotatable bonds is 8. The molecule has 0 aliphatic carbocycles. The Morgan fingerprint density at radius 1 is 0.260 bits per heavy atom. The molecule has 4 unspecified atom stereocenters. The average Bonchev–Trinajstić information content (AvgIpc) is 4.24. The van der Waals surface area contributed by atoms with Crippen LogP contribution in [0.5, 0.6) is 0 Å². The van der Waals surface area contributed by atoms with Gasteiger partial charge >= 0.3 is 0 Å². The van der Waals surface area contributed by atoms with Crippen molar-refractivity contribution in [3.05, 3.63) is 170 Å². The standard InChI is InChI=1S/2C10H8.2C6H6.4C4H8O2.3C3H8.6C2H6/c2*1-2-6-10-8-4-3-7-9(10)5-1;2*1-2-4-6-5-3-1;4*1-5-2-4-3-6-4;3*1-3-2;6*1-2/h2*1-8H;2*1-6H;4*4H,2-3H2,1H3;3*3H2,1-2H3;6*1-2H3. The third-order valence-corrected chi connectivity index (χ3v) is 7.67. The van der Waals surface area contributed by atoms with E-state index >= 15 is 0 Å². The van der Waals surface area contributed by atoms with Crippen molar-refractivity contribution >= 4 is 21.5 Å². The van der Waals surface area contributed by atoms with Crippen LogP contribution in [0.3, 0.4) is 0 Å². The van der Waals surface area contributed by atoms with E-state index in [1.807, 2.05) is 156 Å². The van der Waals surface area contributed by atoms with Gasteiger partial charge in [0, 0.05) is 28.4 Å². The summed E-state index contributed by atoms with van der Waals surface area (Å²) in [5, 5.41) is 5.24. The highest BCUT2D eigenvalue weighted by Gasteiger charge is 2.22. The molecular formula is C69H120O8. The monoisotopic (exact) mass is 1080 g/mol. The molecule has 8 nitrogen and oxygen atoms in total. The van der Waals surface area contributed by atoms with Crippen molar-refractivity contribution in [3.8, 4) is 0 Å². The predicted octanol–water partition coefficient (Wildman–Crippen LogP) is 19.6. The molecule has 0 bridgehead atoms. The molecule has 0 spiro atoms. The van der Waals surface area contributed by atoms with Gasteiger partial charge in [-0.1, -0.05) is 314 Å².